The van der Waals surface area contributed by atoms with E-state index in [0.717, 1.165) is 0 Å². The van der Waals surface area contributed by atoms with Gasteiger partial charge in [-0.3, -0.25) is 0 Å². The van der Waals surface area contributed by atoms with Crippen LogP contribution in [-0.4, -0.2) is 23.9 Å². The Bertz CT molecular complexity index is 189. The maximum Gasteiger partial charge on any atom is 0.356 e. The summed E-state index contributed by atoms with van der Waals surface area (Å²) in [5.41, 5.74) is 4.33. The minimum atomic E-state index is -0.925. The maximum absolute atomic E-state index is 10.5. The molecule has 0 radical (unpaired) electrons. The molecular weight excluding hydrogens is 152 g/mol. The summed E-state index contributed by atoms with van der Waals surface area (Å²) >= 11 is 0. The van der Waals surface area contributed by atoms with Gasteiger partial charge in [0.25, 0.3) is 0 Å². The molecule has 0 fully saturated rings. The molecule has 0 saturated carbocycles. The van der Waals surface area contributed by atoms with Crippen LogP contribution in [0.3, 0.4) is 0 Å². The van der Waals surface area contributed by atoms with Crippen LogP contribution in [0.4, 0.5) is 4.79 Å². The number of amides is 2. The molecule has 62 valence electrons. The van der Waals surface area contributed by atoms with Crippen LogP contribution < -0.4 is 11.1 Å². The van der Waals surface area contributed by atoms with E-state index in [4.69, 9.17) is 5.11 Å². The molecule has 0 aromatic rings. The highest BCUT2D eigenvalue weighted by Gasteiger charge is 2.08. The molecule has 0 spiro atoms. The van der Waals surface area contributed by atoms with Gasteiger partial charge >= 0.3 is 12.0 Å². The monoisotopic (exact) mass is 160 g/mol. The number of aliphatic hydroxyl groups excluding tert-OH is 1. The lowest BCUT2D eigenvalue weighted by molar-refractivity contribution is -0.147. The van der Waals surface area contributed by atoms with Gasteiger partial charge in [-0.2, -0.15) is 0 Å². The summed E-state index contributed by atoms with van der Waals surface area (Å²) < 4.78 is 4.05. The highest BCUT2D eigenvalue weighted by Crippen LogP contribution is 1.87. The van der Waals surface area contributed by atoms with Crippen molar-refractivity contribution >= 4 is 12.0 Å². The minimum Gasteiger partial charge on any atom is -0.434 e. The zero-order valence-corrected chi connectivity index (χ0v) is 5.66. The van der Waals surface area contributed by atoms with Crippen molar-refractivity contribution in [3.63, 3.8) is 0 Å². The number of nitrogens with two attached hydrogens (primary N) is 1. The normalized spacial score (nSPS) is 8.45. The molecule has 11 heavy (non-hydrogen) atoms. The van der Waals surface area contributed by atoms with Gasteiger partial charge in [-0.15, -0.1) is 0 Å². The van der Waals surface area contributed by atoms with Gasteiger partial charge < -0.3 is 20.9 Å². The smallest absolute Gasteiger partial charge is 0.356 e. The third kappa shape index (κ3) is 3.93. The number of carbonyl (C=O) groups excluding carboxylic acids is 2. The van der Waals surface area contributed by atoms with Gasteiger partial charge in [0.05, 0.1) is 0 Å². The molecule has 6 nitrogen and oxygen atoms in total. The van der Waals surface area contributed by atoms with E-state index >= 15 is 0 Å². The first-order valence-corrected chi connectivity index (χ1v) is 2.61. The van der Waals surface area contributed by atoms with E-state index in [-0.39, 0.29) is 5.70 Å². The quantitative estimate of drug-likeness (QED) is 0.270. The molecule has 4 N–H and O–H groups in total. The van der Waals surface area contributed by atoms with Crippen molar-refractivity contribution in [2.24, 2.45) is 5.73 Å². The third-order valence-electron chi connectivity index (χ3n) is 0.716. The highest BCUT2D eigenvalue weighted by atomic mass is 16.6. The SMILES string of the molecule is C=C(NC(N)=O)C(=O)OCO. The van der Waals surface area contributed by atoms with Crippen LogP contribution >= 0.6 is 0 Å². The highest BCUT2D eigenvalue weighted by molar-refractivity contribution is 5.92. The number of ether oxygens (including phenoxy) is 1. The van der Waals surface area contributed by atoms with Gasteiger partial charge in [0.2, 0.25) is 0 Å². The Morgan fingerprint density at radius 2 is 2.18 bits per heavy atom. The number of hydrogen-bond acceptors (Lipinski definition) is 4. The van der Waals surface area contributed by atoms with E-state index < -0.39 is 18.8 Å². The molecule has 6 heteroatoms. The first-order valence-electron chi connectivity index (χ1n) is 2.61. The van der Waals surface area contributed by atoms with Crippen LogP contribution in [-0.2, 0) is 9.53 Å². The summed E-state index contributed by atoms with van der Waals surface area (Å²) in [4.78, 5) is 20.6. The fourth-order valence-electron chi connectivity index (χ4n) is 0.345. The number of primary amides is 1. The van der Waals surface area contributed by atoms with Gasteiger partial charge in [0, 0.05) is 0 Å². The number of esters is 1. The number of nitrogens with one attached hydrogen (secondary N) is 1. The number of rotatable bonds is 3. The predicted octanol–water partition coefficient (Wildman–Crippen LogP) is -1.34. The largest absolute Gasteiger partial charge is 0.434 e. The Morgan fingerprint density at radius 3 is 2.55 bits per heavy atom. The number of urea groups is 1. The molecule has 0 bridgehead atoms. The second-order valence-corrected chi connectivity index (χ2v) is 1.53. The molecule has 0 rings (SSSR count). The summed E-state index contributed by atoms with van der Waals surface area (Å²) in [6.45, 7) is 2.35. The number of aliphatic hydroxyl groups is 1. The van der Waals surface area contributed by atoms with Gasteiger partial charge in [0.1, 0.15) is 5.70 Å². The van der Waals surface area contributed by atoms with Crippen LogP contribution in [0.15, 0.2) is 12.3 Å². The van der Waals surface area contributed by atoms with Crippen LogP contribution in [0.2, 0.25) is 0 Å². The topological polar surface area (TPSA) is 102 Å². The Morgan fingerprint density at radius 1 is 1.64 bits per heavy atom. The lowest BCUT2D eigenvalue weighted by atomic mass is 10.5. The van der Waals surface area contributed by atoms with E-state index in [2.05, 4.69) is 17.0 Å². The lowest BCUT2D eigenvalue weighted by Gasteiger charge is -2.03. The molecule has 0 heterocycles. The maximum atomic E-state index is 10.5. The summed E-state index contributed by atoms with van der Waals surface area (Å²) in [6, 6.07) is -0.912. The standard InChI is InChI=1S/C5H8N2O4/c1-3(7-5(6)10)4(9)11-2-8/h8H,1-2H2,(H3,6,7,10). The predicted molar refractivity (Wildman–Crippen MR) is 35.0 cm³/mol. The molecular formula is C5H8N2O4. The Labute approximate surface area is 62.6 Å². The van der Waals surface area contributed by atoms with E-state index in [1.54, 1.807) is 0 Å². The summed E-state index contributed by atoms with van der Waals surface area (Å²) in [5.74, 6) is -0.925. The van der Waals surface area contributed by atoms with Crippen LogP contribution in [0, 0.1) is 0 Å². The van der Waals surface area contributed by atoms with Gasteiger partial charge in [-0.1, -0.05) is 6.58 Å². The Balaban J connectivity index is 3.83. The third-order valence-corrected chi connectivity index (χ3v) is 0.716. The Kier molecular flexibility index (Phi) is 3.68. The molecule has 0 aliphatic rings. The average Bonchev–Trinajstić information content (AvgIpc) is 1.86. The lowest BCUT2D eigenvalue weighted by Crippen LogP contribution is -2.32. The van der Waals surface area contributed by atoms with E-state index in [1.807, 2.05) is 5.32 Å². The molecule has 0 aliphatic heterocycles. The molecule has 2 amide bonds. The van der Waals surface area contributed by atoms with Crippen molar-refractivity contribution in [3.05, 3.63) is 12.3 Å². The zero-order chi connectivity index (χ0) is 8.85. The second kappa shape index (κ2) is 4.29. The molecule has 0 unspecified atom stereocenters. The molecule has 0 aromatic heterocycles. The second-order valence-electron chi connectivity index (χ2n) is 1.53. The first kappa shape index (κ1) is 9.44. The van der Waals surface area contributed by atoms with Gasteiger partial charge in [-0.05, 0) is 0 Å². The zero-order valence-electron chi connectivity index (χ0n) is 5.66. The fraction of sp³-hybridized carbons (Fsp3) is 0.200. The number of hydrogen-bond donors (Lipinski definition) is 3. The van der Waals surface area contributed by atoms with Gasteiger partial charge in [-0.25, -0.2) is 9.59 Å². The van der Waals surface area contributed by atoms with Crippen molar-refractivity contribution in [1.82, 2.24) is 5.32 Å². The Hall–Kier alpha value is -1.56. The molecule has 0 aliphatic carbocycles. The summed E-state index contributed by atoms with van der Waals surface area (Å²) in [7, 11) is 0. The van der Waals surface area contributed by atoms with E-state index in [9.17, 15) is 9.59 Å². The van der Waals surface area contributed by atoms with E-state index in [1.165, 1.54) is 0 Å². The summed E-state index contributed by atoms with van der Waals surface area (Å²) in [5, 5.41) is 9.98. The van der Waals surface area contributed by atoms with E-state index in [0.29, 0.717) is 0 Å². The minimum absolute atomic E-state index is 0.313. The van der Waals surface area contributed by atoms with Gasteiger partial charge in [0.15, 0.2) is 6.79 Å². The van der Waals surface area contributed by atoms with Crippen LogP contribution in [0.25, 0.3) is 0 Å². The van der Waals surface area contributed by atoms with Crippen molar-refractivity contribution in [3.8, 4) is 0 Å². The molecule has 0 atom stereocenters. The molecule has 0 saturated heterocycles. The van der Waals surface area contributed by atoms with Crippen molar-refractivity contribution in [1.29, 1.82) is 0 Å². The van der Waals surface area contributed by atoms with Crippen LogP contribution in [0.1, 0.15) is 0 Å². The molecule has 0 aromatic carbocycles. The van der Waals surface area contributed by atoms with Crippen molar-refractivity contribution < 1.29 is 19.4 Å². The van der Waals surface area contributed by atoms with Crippen LogP contribution in [0.5, 0.6) is 0 Å². The fourth-order valence-corrected chi connectivity index (χ4v) is 0.345. The average molecular weight is 160 g/mol. The first-order chi connectivity index (χ1) is 5.07. The van der Waals surface area contributed by atoms with Crippen molar-refractivity contribution in [2.45, 2.75) is 0 Å². The summed E-state index contributed by atoms with van der Waals surface area (Å²) in [6.07, 6.45) is 0. The van der Waals surface area contributed by atoms with Crippen molar-refractivity contribution in [2.75, 3.05) is 6.79 Å². The number of carbonyl (C=O) groups is 2.